The predicted molar refractivity (Wildman–Crippen MR) is 64.9 cm³/mol. The average Bonchev–Trinajstić information content (AvgIpc) is 2.42. The third-order valence-electron chi connectivity index (χ3n) is 3.11. The quantitative estimate of drug-likeness (QED) is 0.911. The second-order valence-corrected chi connectivity index (χ2v) is 4.59. The topological polar surface area (TPSA) is 66.8 Å². The van der Waals surface area contributed by atoms with E-state index >= 15 is 0 Å². The molecule has 1 aromatic rings. The molecule has 0 unspecified atom stereocenters. The van der Waals surface area contributed by atoms with Crippen molar-refractivity contribution >= 4 is 12.1 Å². The fourth-order valence-corrected chi connectivity index (χ4v) is 2.20. The number of hydrogen-bond donors (Lipinski definition) is 1. The fourth-order valence-electron chi connectivity index (χ4n) is 2.20. The van der Waals surface area contributed by atoms with Gasteiger partial charge in [0.2, 0.25) is 0 Å². The van der Waals surface area contributed by atoms with Crippen LogP contribution in [0, 0.1) is 0 Å². The van der Waals surface area contributed by atoms with Crippen LogP contribution in [0.2, 0.25) is 0 Å². The number of benzene rings is 1. The van der Waals surface area contributed by atoms with Crippen molar-refractivity contribution in [2.24, 2.45) is 0 Å². The van der Waals surface area contributed by atoms with Crippen LogP contribution in [0.4, 0.5) is 18.0 Å². The Morgan fingerprint density at radius 2 is 2.05 bits per heavy atom. The first-order valence-corrected chi connectivity index (χ1v) is 6.10. The first-order chi connectivity index (χ1) is 9.78. The van der Waals surface area contributed by atoms with E-state index in [1.165, 1.54) is 12.1 Å². The fraction of sp³-hybridized carbons (Fsp3) is 0.385. The van der Waals surface area contributed by atoms with Gasteiger partial charge in [-0.25, -0.2) is 9.59 Å². The summed E-state index contributed by atoms with van der Waals surface area (Å²) in [7, 11) is 0. The molecule has 1 aliphatic heterocycles. The largest absolute Gasteiger partial charge is 0.478 e. The van der Waals surface area contributed by atoms with Crippen molar-refractivity contribution in [2.75, 3.05) is 13.2 Å². The third kappa shape index (κ3) is 3.65. The minimum absolute atomic E-state index is 0.0349. The summed E-state index contributed by atoms with van der Waals surface area (Å²) >= 11 is 0. The van der Waals surface area contributed by atoms with Crippen LogP contribution in [0.3, 0.4) is 0 Å². The van der Waals surface area contributed by atoms with E-state index in [1.54, 1.807) is 6.07 Å². The molecular weight excluding hydrogens is 291 g/mol. The van der Waals surface area contributed by atoms with E-state index in [-0.39, 0.29) is 25.1 Å². The van der Waals surface area contributed by atoms with E-state index in [9.17, 15) is 22.8 Å². The molecule has 0 bridgehead atoms. The Kier molecular flexibility index (Phi) is 4.06. The SMILES string of the molecule is O=C(O)c1cccc2c1CCN(C(=O)OCC(F)(F)F)C2. The molecule has 0 spiro atoms. The van der Waals surface area contributed by atoms with Gasteiger partial charge in [-0.15, -0.1) is 0 Å². The number of amides is 1. The normalized spacial score (nSPS) is 14.5. The Hall–Kier alpha value is -2.25. The van der Waals surface area contributed by atoms with Crippen LogP contribution in [0.15, 0.2) is 18.2 Å². The highest BCUT2D eigenvalue weighted by molar-refractivity contribution is 5.90. The van der Waals surface area contributed by atoms with Gasteiger partial charge in [0.25, 0.3) is 0 Å². The summed E-state index contributed by atoms with van der Waals surface area (Å²) < 4.78 is 40.2. The van der Waals surface area contributed by atoms with E-state index in [0.717, 1.165) is 4.90 Å². The number of carbonyl (C=O) groups is 2. The zero-order chi connectivity index (χ0) is 15.6. The first-order valence-electron chi connectivity index (χ1n) is 6.10. The second-order valence-electron chi connectivity index (χ2n) is 4.59. The molecule has 0 radical (unpaired) electrons. The third-order valence-corrected chi connectivity index (χ3v) is 3.11. The molecule has 2 rings (SSSR count). The van der Waals surface area contributed by atoms with E-state index < -0.39 is 24.8 Å². The van der Waals surface area contributed by atoms with Crippen molar-refractivity contribution in [1.29, 1.82) is 0 Å². The van der Waals surface area contributed by atoms with Gasteiger partial charge >= 0.3 is 18.2 Å². The zero-order valence-electron chi connectivity index (χ0n) is 10.8. The summed E-state index contributed by atoms with van der Waals surface area (Å²) in [5.74, 6) is -1.07. The van der Waals surface area contributed by atoms with Crippen molar-refractivity contribution in [3.05, 3.63) is 34.9 Å². The average molecular weight is 303 g/mol. The van der Waals surface area contributed by atoms with Gasteiger partial charge in [0.05, 0.1) is 5.56 Å². The van der Waals surface area contributed by atoms with Gasteiger partial charge in [0, 0.05) is 13.1 Å². The molecule has 0 saturated heterocycles. The zero-order valence-corrected chi connectivity index (χ0v) is 10.8. The molecule has 0 aromatic heterocycles. The van der Waals surface area contributed by atoms with Gasteiger partial charge in [0.15, 0.2) is 6.61 Å². The molecule has 0 atom stereocenters. The van der Waals surface area contributed by atoms with Gasteiger partial charge in [-0.2, -0.15) is 13.2 Å². The predicted octanol–water partition coefficient (Wildman–Crippen LogP) is 2.44. The monoisotopic (exact) mass is 303 g/mol. The number of carbonyl (C=O) groups excluding carboxylic acids is 1. The number of fused-ring (bicyclic) bond motifs is 1. The first kappa shape index (κ1) is 15.1. The maximum absolute atomic E-state index is 12.0. The van der Waals surface area contributed by atoms with E-state index in [1.807, 2.05) is 0 Å². The van der Waals surface area contributed by atoms with E-state index in [4.69, 9.17) is 5.11 Å². The molecule has 114 valence electrons. The van der Waals surface area contributed by atoms with Gasteiger partial charge in [-0.3, -0.25) is 0 Å². The molecule has 1 N–H and O–H groups in total. The summed E-state index contributed by atoms with van der Waals surface area (Å²) in [6.45, 7) is -1.48. The minimum Gasteiger partial charge on any atom is -0.478 e. The van der Waals surface area contributed by atoms with Crippen molar-refractivity contribution in [3.63, 3.8) is 0 Å². The lowest BCUT2D eigenvalue weighted by atomic mass is 9.95. The molecule has 0 fully saturated rings. The number of nitrogens with zero attached hydrogens (tertiary/aromatic N) is 1. The van der Waals surface area contributed by atoms with Crippen LogP contribution in [-0.2, 0) is 17.7 Å². The number of hydrogen-bond acceptors (Lipinski definition) is 3. The number of alkyl halides is 3. The molecule has 1 amide bonds. The van der Waals surface area contributed by atoms with Crippen molar-refractivity contribution in [1.82, 2.24) is 4.90 Å². The molecule has 1 aliphatic rings. The van der Waals surface area contributed by atoms with E-state index in [2.05, 4.69) is 4.74 Å². The summed E-state index contributed by atoms with van der Waals surface area (Å²) in [4.78, 5) is 23.8. The maximum atomic E-state index is 12.0. The second kappa shape index (κ2) is 5.63. The molecule has 21 heavy (non-hydrogen) atoms. The number of carboxylic acids is 1. The minimum atomic E-state index is -4.57. The highest BCUT2D eigenvalue weighted by Gasteiger charge is 2.32. The maximum Gasteiger partial charge on any atom is 0.422 e. The van der Waals surface area contributed by atoms with E-state index in [0.29, 0.717) is 11.1 Å². The number of ether oxygens (including phenoxy) is 1. The summed E-state index contributed by atoms with van der Waals surface area (Å²) in [6.07, 6.45) is -5.36. The lowest BCUT2D eigenvalue weighted by Crippen LogP contribution is -2.38. The summed E-state index contributed by atoms with van der Waals surface area (Å²) in [5, 5.41) is 9.06. The molecule has 0 saturated carbocycles. The Morgan fingerprint density at radius 3 is 2.67 bits per heavy atom. The van der Waals surface area contributed by atoms with Gasteiger partial charge in [-0.1, -0.05) is 12.1 Å². The van der Waals surface area contributed by atoms with Crippen LogP contribution in [0.5, 0.6) is 0 Å². The Labute approximate surface area is 117 Å². The van der Waals surface area contributed by atoms with Crippen LogP contribution in [0.25, 0.3) is 0 Å². The number of rotatable bonds is 2. The molecular formula is C13H12F3NO4. The standard InChI is InChI=1S/C13H12F3NO4/c14-13(15,16)7-21-12(20)17-5-4-9-8(6-17)2-1-3-10(9)11(18)19/h1-3H,4-7H2,(H,18,19). The molecule has 5 nitrogen and oxygen atoms in total. The lowest BCUT2D eigenvalue weighted by molar-refractivity contribution is -0.162. The van der Waals surface area contributed by atoms with Gasteiger partial charge < -0.3 is 14.7 Å². The van der Waals surface area contributed by atoms with Crippen LogP contribution in [0.1, 0.15) is 21.5 Å². The number of carboxylic acid groups (broad SMARTS) is 1. The summed E-state index contributed by atoms with van der Waals surface area (Å²) in [6, 6.07) is 4.64. The molecule has 0 aliphatic carbocycles. The highest BCUT2D eigenvalue weighted by Crippen LogP contribution is 2.23. The van der Waals surface area contributed by atoms with Crippen LogP contribution >= 0.6 is 0 Å². The number of aromatic carboxylic acids is 1. The summed E-state index contributed by atoms with van der Waals surface area (Å²) in [5.41, 5.74) is 1.35. The van der Waals surface area contributed by atoms with Gasteiger partial charge in [-0.05, 0) is 23.6 Å². The van der Waals surface area contributed by atoms with Crippen LogP contribution in [-0.4, -0.2) is 41.4 Å². The number of halogens is 3. The molecule has 8 heteroatoms. The smallest absolute Gasteiger partial charge is 0.422 e. The molecule has 1 aromatic carbocycles. The van der Waals surface area contributed by atoms with Crippen molar-refractivity contribution in [2.45, 2.75) is 19.1 Å². The lowest BCUT2D eigenvalue weighted by Gasteiger charge is -2.29. The van der Waals surface area contributed by atoms with Gasteiger partial charge in [0.1, 0.15) is 0 Å². The Morgan fingerprint density at radius 1 is 1.33 bits per heavy atom. The highest BCUT2D eigenvalue weighted by atomic mass is 19.4. The molecule has 1 heterocycles. The Bertz CT molecular complexity index is 571. The van der Waals surface area contributed by atoms with Crippen LogP contribution < -0.4 is 0 Å². The van der Waals surface area contributed by atoms with Crippen molar-refractivity contribution < 1.29 is 32.6 Å². The van der Waals surface area contributed by atoms with Crippen molar-refractivity contribution in [3.8, 4) is 0 Å². The Balaban J connectivity index is 2.08.